The molecule has 1 unspecified atom stereocenters. The zero-order chi connectivity index (χ0) is 50.3. The number of nitriles is 2. The van der Waals surface area contributed by atoms with E-state index >= 15 is 0 Å². The van der Waals surface area contributed by atoms with Crippen molar-refractivity contribution in [3.63, 3.8) is 0 Å². The minimum absolute atomic E-state index is 0.133. The summed E-state index contributed by atoms with van der Waals surface area (Å²) in [6.07, 6.45) is 29.9. The topological polar surface area (TPSA) is 111 Å². The Morgan fingerprint density at radius 1 is 0.781 bits per heavy atom. The Balaban J connectivity index is 0.00000302. The van der Waals surface area contributed by atoms with Gasteiger partial charge in [0, 0.05) is 52.4 Å². The number of anilines is 2. The molecule has 0 radical (unpaired) electrons. The molecule has 352 valence electrons. The largest absolute Gasteiger partial charge is 0.336 e. The Morgan fingerprint density at radius 2 is 1.55 bits per heavy atom. The van der Waals surface area contributed by atoms with Crippen molar-refractivity contribution in [2.24, 2.45) is 10.9 Å². The molecule has 0 spiro atoms. The maximum Gasteiger partial charge on any atom is 0.182 e. The average Bonchev–Trinajstić information content (AvgIpc) is 4.17. The highest BCUT2D eigenvalue weighted by Crippen LogP contribution is 2.43. The number of aliphatic imine (C=N–C) groups is 1. The molecule has 1 N–H and O–H groups in total. The summed E-state index contributed by atoms with van der Waals surface area (Å²) >= 11 is 0. The van der Waals surface area contributed by atoms with Crippen molar-refractivity contribution in [1.29, 1.82) is 10.5 Å². The lowest BCUT2D eigenvalue weighted by Gasteiger charge is -2.19. The molecule has 0 amide bonds. The van der Waals surface area contributed by atoms with Gasteiger partial charge in [0.25, 0.3) is 0 Å². The van der Waals surface area contributed by atoms with Gasteiger partial charge in [0.1, 0.15) is 0 Å². The molecule has 3 heterocycles. The minimum atomic E-state index is -0.133. The third-order valence-electron chi connectivity index (χ3n) is 13.4. The van der Waals surface area contributed by atoms with Gasteiger partial charge in [-0.1, -0.05) is 121 Å². The number of fused-ring (bicyclic) bond motifs is 4. The second-order valence-electron chi connectivity index (χ2n) is 17.8. The Morgan fingerprint density at radius 3 is 2.26 bits per heavy atom. The first-order chi connectivity index (χ1) is 36.0. The SMILES string of the molecule is C#C.C/C=C(\C=C1/CN(c2ccccc2)c2ccc(-n3nc(-c4ccc(C#N)cc4)nc3C3=CCCC=C3)cc21)c1ccc2c3ccccc3n(N/C(=C\C(=NC)C3=CCC(C#N)C=C3)c3ccccc3)c2c1. The van der Waals surface area contributed by atoms with Crippen molar-refractivity contribution in [3.05, 3.63) is 234 Å². The molecule has 0 fully saturated rings. The number of aromatic nitrogens is 4. The molecular weight excluding hydrogens is 895 g/mol. The number of nitrogens with one attached hydrogen (secondary N) is 1. The first kappa shape index (κ1) is 47.0. The van der Waals surface area contributed by atoms with Gasteiger partial charge in [0.05, 0.1) is 51.7 Å². The van der Waals surface area contributed by atoms with Gasteiger partial charge < -0.3 is 4.90 Å². The number of para-hydroxylation sites is 2. The molecule has 9 heteroatoms. The Labute approximate surface area is 426 Å². The summed E-state index contributed by atoms with van der Waals surface area (Å²) in [5.74, 6) is 1.24. The van der Waals surface area contributed by atoms with Crippen LogP contribution in [0.5, 0.6) is 0 Å². The maximum absolute atomic E-state index is 9.55. The monoisotopic (exact) mass is 945 g/mol. The number of benzene rings is 6. The van der Waals surface area contributed by atoms with Crippen LogP contribution in [0.1, 0.15) is 54.3 Å². The van der Waals surface area contributed by atoms with E-state index in [0.717, 1.165) is 108 Å². The highest BCUT2D eigenvalue weighted by Gasteiger charge is 2.27. The molecule has 1 aliphatic heterocycles. The second kappa shape index (κ2) is 21.1. The fraction of sp³-hybridized carbons (Fsp3) is 0.109. The number of terminal acetylenes is 1. The van der Waals surface area contributed by atoms with Gasteiger partial charge in [-0.05, 0) is 133 Å². The standard InChI is InChI=1S/C62H49N9.C2H2/c1-3-44(49-31-33-54-53-21-13-14-22-59(53)71(60(54)36-49)67-57(45-15-7-4-8-16-45)38-56(65-2)46-27-23-42(39-63)24-28-46)35-50-41-69(51-19-11-6-12-20-51)58-34-32-52(37-55(50)58)70-62(48-17-9-5-10-18-48)66-61(68-70)47-29-25-43(40-64)26-30-47;1-2/h3-4,6-9,11-23,25-38,42,67H,5,10,24,41H2,1-2H3;1-2H/b44-3+,50-35+,57-38-,65-56?;. The van der Waals surface area contributed by atoms with Crippen molar-refractivity contribution in [3.8, 4) is 42.1 Å². The van der Waals surface area contributed by atoms with E-state index in [0.29, 0.717) is 24.4 Å². The lowest BCUT2D eigenvalue weighted by Crippen LogP contribution is -2.15. The van der Waals surface area contributed by atoms with Gasteiger partial charge in [-0.15, -0.1) is 17.9 Å². The summed E-state index contributed by atoms with van der Waals surface area (Å²) in [4.78, 5) is 12.2. The van der Waals surface area contributed by atoms with Gasteiger partial charge in [-0.2, -0.15) is 10.5 Å². The average molecular weight is 946 g/mol. The molecule has 9 nitrogen and oxygen atoms in total. The van der Waals surface area contributed by atoms with Crippen molar-refractivity contribution in [2.45, 2.75) is 26.2 Å². The second-order valence-corrected chi connectivity index (χ2v) is 17.8. The van der Waals surface area contributed by atoms with E-state index in [1.807, 2.05) is 54.2 Å². The van der Waals surface area contributed by atoms with Crippen LogP contribution in [0.25, 0.3) is 61.3 Å². The predicted octanol–water partition coefficient (Wildman–Crippen LogP) is 14.2. The number of rotatable bonds is 11. The van der Waals surface area contributed by atoms with E-state index in [-0.39, 0.29) is 5.92 Å². The van der Waals surface area contributed by atoms with E-state index < -0.39 is 0 Å². The molecule has 0 bridgehead atoms. The molecule has 73 heavy (non-hydrogen) atoms. The highest BCUT2D eigenvalue weighted by molar-refractivity contribution is 6.15. The van der Waals surface area contributed by atoms with Crippen LogP contribution in [0.4, 0.5) is 11.4 Å². The summed E-state index contributed by atoms with van der Waals surface area (Å²) in [5, 5.41) is 26.5. The lowest BCUT2D eigenvalue weighted by atomic mass is 9.95. The smallest absolute Gasteiger partial charge is 0.182 e. The third-order valence-corrected chi connectivity index (χ3v) is 13.4. The number of hydrogen-bond acceptors (Lipinski definition) is 7. The normalized spacial score (nSPS) is 16.1. The minimum Gasteiger partial charge on any atom is -0.336 e. The first-order valence-corrected chi connectivity index (χ1v) is 24.4. The van der Waals surface area contributed by atoms with Gasteiger partial charge in [-0.25, -0.2) is 9.67 Å². The van der Waals surface area contributed by atoms with Crippen LogP contribution < -0.4 is 10.3 Å². The van der Waals surface area contributed by atoms with Crippen LogP contribution in [-0.2, 0) is 0 Å². The van der Waals surface area contributed by atoms with Crippen molar-refractivity contribution in [2.75, 3.05) is 23.9 Å². The van der Waals surface area contributed by atoms with Crippen molar-refractivity contribution < 1.29 is 0 Å². The van der Waals surface area contributed by atoms with Crippen LogP contribution in [-0.4, -0.2) is 38.7 Å². The summed E-state index contributed by atoms with van der Waals surface area (Å²) < 4.78 is 4.17. The van der Waals surface area contributed by atoms with E-state index in [1.54, 1.807) is 0 Å². The fourth-order valence-corrected chi connectivity index (χ4v) is 9.75. The molecule has 1 atom stereocenters. The predicted molar refractivity (Wildman–Crippen MR) is 300 cm³/mol. The molecule has 2 aromatic heterocycles. The van der Waals surface area contributed by atoms with Gasteiger partial charge in [0.15, 0.2) is 11.6 Å². The molecule has 6 aromatic carbocycles. The Hall–Kier alpha value is -9.75. The van der Waals surface area contributed by atoms with Gasteiger partial charge in [0.2, 0.25) is 0 Å². The van der Waals surface area contributed by atoms with E-state index in [2.05, 4.69) is 205 Å². The van der Waals surface area contributed by atoms with Crippen LogP contribution in [0.3, 0.4) is 0 Å². The van der Waals surface area contributed by atoms with E-state index in [1.165, 1.54) is 5.57 Å². The first-order valence-electron chi connectivity index (χ1n) is 24.4. The van der Waals surface area contributed by atoms with Crippen molar-refractivity contribution in [1.82, 2.24) is 19.4 Å². The molecule has 2 aliphatic carbocycles. The summed E-state index contributed by atoms with van der Waals surface area (Å²) in [6.45, 7) is 2.78. The molecule has 0 saturated carbocycles. The number of nitrogens with zero attached hydrogens (tertiary/aromatic N) is 8. The highest BCUT2D eigenvalue weighted by atomic mass is 15.4. The zero-order valence-electron chi connectivity index (χ0n) is 40.7. The quantitative estimate of drug-likeness (QED) is 0.102. The van der Waals surface area contributed by atoms with Crippen LogP contribution >= 0.6 is 0 Å². The molecular formula is C64H51N9. The maximum atomic E-state index is 9.55. The molecule has 0 saturated heterocycles. The van der Waals surface area contributed by atoms with E-state index in [9.17, 15) is 10.5 Å². The zero-order valence-corrected chi connectivity index (χ0v) is 40.7. The van der Waals surface area contributed by atoms with Crippen LogP contribution in [0, 0.1) is 41.4 Å². The molecule has 8 aromatic rings. The Bertz CT molecular complexity index is 3760. The molecule has 3 aliphatic rings. The van der Waals surface area contributed by atoms with Gasteiger partial charge >= 0.3 is 0 Å². The third kappa shape index (κ3) is 9.38. The summed E-state index contributed by atoms with van der Waals surface area (Å²) in [6, 6.07) is 54.8. The van der Waals surface area contributed by atoms with Crippen LogP contribution in [0.15, 0.2) is 211 Å². The van der Waals surface area contributed by atoms with E-state index in [4.69, 9.17) is 15.1 Å². The number of hydrogen-bond donors (Lipinski definition) is 1. The Kier molecular flexibility index (Phi) is 13.6. The number of allylic oxidation sites excluding steroid dienone is 12. The summed E-state index contributed by atoms with van der Waals surface area (Å²) in [5.41, 5.74) is 19.8. The van der Waals surface area contributed by atoms with Crippen molar-refractivity contribution >= 4 is 61.3 Å². The fourth-order valence-electron chi connectivity index (χ4n) is 9.75. The molecule has 11 rings (SSSR count). The lowest BCUT2D eigenvalue weighted by molar-refractivity contribution is 0.834. The van der Waals surface area contributed by atoms with Gasteiger partial charge in [-0.3, -0.25) is 15.1 Å². The van der Waals surface area contributed by atoms with Crippen LogP contribution in [0.2, 0.25) is 0 Å². The summed E-state index contributed by atoms with van der Waals surface area (Å²) in [7, 11) is 1.82.